The summed E-state index contributed by atoms with van der Waals surface area (Å²) in [7, 11) is 4.38. The Hall–Kier alpha value is -5.70. The molecule has 9 N–H and O–H groups in total. The Morgan fingerprint density at radius 3 is 2.34 bits per heavy atom. The number of nitrogens with zero attached hydrogens (tertiary/aromatic N) is 1. The van der Waals surface area contributed by atoms with Gasteiger partial charge in [0, 0.05) is 55.8 Å². The number of hydrogen-bond donors (Lipinski definition) is 8. The van der Waals surface area contributed by atoms with Crippen molar-refractivity contribution in [3.8, 4) is 5.75 Å². The molecule has 23 nitrogen and oxygen atoms in total. The van der Waals surface area contributed by atoms with Crippen LogP contribution >= 0.6 is 55.1 Å². The molecule has 0 aromatic heterocycles. The van der Waals surface area contributed by atoms with Crippen LogP contribution in [-0.2, 0) is 54.1 Å². The van der Waals surface area contributed by atoms with Gasteiger partial charge in [0.15, 0.2) is 5.72 Å². The minimum atomic E-state index is -1.91. The second-order valence-electron chi connectivity index (χ2n) is 22.7. The van der Waals surface area contributed by atoms with Gasteiger partial charge in [0.2, 0.25) is 23.6 Å². The van der Waals surface area contributed by atoms with Crippen LogP contribution in [0.15, 0.2) is 54.1 Å². The van der Waals surface area contributed by atoms with E-state index >= 15 is 0 Å². The third-order valence-corrected chi connectivity index (χ3v) is 17.3. The average molecular weight is 1360 g/mol. The van der Waals surface area contributed by atoms with Crippen LogP contribution in [0.4, 0.5) is 31.4 Å². The highest BCUT2D eigenvalue weighted by atomic mass is 79.9. The second kappa shape index (κ2) is 31.3. The predicted molar refractivity (Wildman–Crippen MR) is 328 cm³/mol. The molecule has 8 amide bonds. The highest BCUT2D eigenvalue weighted by molar-refractivity contribution is 9.09. The molecule has 2 fully saturated rings. The van der Waals surface area contributed by atoms with E-state index in [0.29, 0.717) is 47.8 Å². The zero-order valence-electron chi connectivity index (χ0n) is 49.5. The van der Waals surface area contributed by atoms with Crippen molar-refractivity contribution in [1.29, 1.82) is 0 Å². The number of aliphatic hydroxyl groups is 1. The Balaban J connectivity index is 1.32. The first-order valence-corrected chi connectivity index (χ1v) is 30.9. The lowest BCUT2D eigenvalue weighted by Gasteiger charge is -2.42. The van der Waals surface area contributed by atoms with E-state index in [1.165, 1.54) is 44.4 Å². The number of allylic oxidation sites excluding steroid dienone is 3. The fourth-order valence-corrected chi connectivity index (χ4v) is 12.2. The van der Waals surface area contributed by atoms with Crippen LogP contribution in [0.1, 0.15) is 105 Å². The lowest BCUT2D eigenvalue weighted by Crippen LogP contribution is -2.63. The molecule has 3 aliphatic rings. The summed E-state index contributed by atoms with van der Waals surface area (Å²) in [5, 5.41) is 28.7. The second-order valence-corrected chi connectivity index (χ2v) is 24.8. The van der Waals surface area contributed by atoms with Crippen molar-refractivity contribution in [1.82, 2.24) is 21.3 Å². The number of hydrogen-bond acceptors (Lipinski definition) is 15. The minimum Gasteiger partial charge on any atom is -0.495 e. The SMILES string of the molecule is COc1cc2cc(c1Cl)N(C)C(=O)C[C@H](OC(=O)Nc1ccc(NC(=O)[C@H](CCCNC(N)=O)NC(=O)[C@@H](NC(=O)CCCCC(C)(C)OC(=O)C(CBr)CBr)C(C)C)cc1Cl)[C@]1(C)O[C@H]1[C@H](C)[C@@H]1C[C@@](O)(NC(=O)O1)[C@H](OC)/C=C/C=C(\C)C2. The molecule has 0 spiro atoms. The number of epoxide rings is 1. The Morgan fingerprint density at radius 1 is 1.00 bits per heavy atom. The molecule has 3 heterocycles. The van der Waals surface area contributed by atoms with Gasteiger partial charge in [-0.3, -0.25) is 34.6 Å². The normalized spacial score (nSPS) is 24.2. The van der Waals surface area contributed by atoms with E-state index < -0.39 is 108 Å². The number of carbonyl (C=O) groups is 8. The van der Waals surface area contributed by atoms with Gasteiger partial charge < -0.3 is 65.4 Å². The number of fused-ring (bicyclic) bond motifs is 5. The first-order chi connectivity index (χ1) is 40.0. The molecule has 27 heteroatoms. The number of nitrogens with one attached hydrogen (secondary N) is 6. The van der Waals surface area contributed by atoms with E-state index in [9.17, 15) is 43.5 Å². The molecule has 3 aliphatic heterocycles. The maximum absolute atomic E-state index is 14.4. The zero-order chi connectivity index (χ0) is 63.1. The van der Waals surface area contributed by atoms with Crippen LogP contribution in [0.3, 0.4) is 0 Å². The molecule has 2 aromatic rings. The smallest absolute Gasteiger partial charge is 0.412 e. The third-order valence-electron chi connectivity index (χ3n) is 15.1. The summed E-state index contributed by atoms with van der Waals surface area (Å²) in [6.07, 6.45) is 0.857. The number of benzene rings is 2. The third kappa shape index (κ3) is 19.7. The van der Waals surface area contributed by atoms with Gasteiger partial charge in [-0.1, -0.05) is 99.6 Å². The van der Waals surface area contributed by atoms with Crippen molar-refractivity contribution in [2.24, 2.45) is 23.5 Å². The first-order valence-electron chi connectivity index (χ1n) is 27.9. The number of nitrogens with two attached hydrogens (primary N) is 1. The quantitative estimate of drug-likeness (QED) is 0.0170. The van der Waals surface area contributed by atoms with Gasteiger partial charge in [-0.05, 0) is 108 Å². The van der Waals surface area contributed by atoms with Gasteiger partial charge >= 0.3 is 24.2 Å². The lowest BCUT2D eigenvalue weighted by atomic mass is 9.83. The maximum atomic E-state index is 14.4. The molecular formula is C58H80Br2Cl2N8O15. The summed E-state index contributed by atoms with van der Waals surface area (Å²) >= 11 is 20.2. The Kier molecular flexibility index (Phi) is 25.8. The first kappa shape index (κ1) is 70.1. The van der Waals surface area contributed by atoms with Crippen LogP contribution in [0.5, 0.6) is 5.75 Å². The van der Waals surface area contributed by atoms with E-state index in [-0.39, 0.29) is 71.4 Å². The number of alkyl carbamates (subject to hydrolysis) is 1. The van der Waals surface area contributed by atoms with E-state index in [0.717, 1.165) is 11.1 Å². The molecular weight excluding hydrogens is 1280 g/mol. The van der Waals surface area contributed by atoms with Gasteiger partial charge in [0.1, 0.15) is 52.4 Å². The largest absolute Gasteiger partial charge is 0.495 e. The molecule has 9 atom stereocenters. The summed E-state index contributed by atoms with van der Waals surface area (Å²) < 4.78 is 35.1. The standard InChI is InChI=1S/C58H80Br2Cl2N8O15/c1-31(2)48(68-45(71)18-11-12-21-56(5,6)85-52(75)35(29-59)30-60)51(74)66-39(16-14-22-64-53(63)76)50(73)65-36-19-20-38(37(61)26-36)67-54(77)83-44-27-46(72)70(8)40-24-34(25-41(80-9)47(40)62)23-32(3)15-13-17-43(81-10)58(79)28-42(82-55(78)69-58)33(4)49-57(44,7)84-49/h13,15,17,19-20,24-26,31,33,35,39,42-44,48-49,79H,11-12,14,16,18,21-23,27-30H2,1-10H3,(H,65,73)(H,66,74)(H,67,77)(H,68,71)(H,69,78)(H3,63,64,76)/b17-13+,32-15+/t33-,39+,42+,43-,44+,48+,49+,57+,58+/m1/s1. The van der Waals surface area contributed by atoms with E-state index in [1.807, 2.05) is 26.8 Å². The Labute approximate surface area is 522 Å². The van der Waals surface area contributed by atoms with Gasteiger partial charge in [-0.15, -0.1) is 0 Å². The number of ether oxygens (including phenoxy) is 6. The molecule has 0 unspecified atom stereocenters. The lowest BCUT2D eigenvalue weighted by molar-refractivity contribution is -0.160. The van der Waals surface area contributed by atoms with Gasteiger partial charge in [-0.25, -0.2) is 14.4 Å². The van der Waals surface area contributed by atoms with Crippen molar-refractivity contribution in [3.63, 3.8) is 0 Å². The van der Waals surface area contributed by atoms with Gasteiger partial charge in [0.25, 0.3) is 0 Å². The number of halogens is 4. The van der Waals surface area contributed by atoms with Crippen LogP contribution in [0.25, 0.3) is 0 Å². The van der Waals surface area contributed by atoms with Crippen LogP contribution < -0.4 is 47.3 Å². The number of amides is 8. The Morgan fingerprint density at radius 2 is 1.71 bits per heavy atom. The fourth-order valence-electron chi connectivity index (χ4n) is 10.0. The van der Waals surface area contributed by atoms with Crippen LogP contribution in [0, 0.1) is 17.8 Å². The molecule has 2 saturated heterocycles. The summed E-state index contributed by atoms with van der Waals surface area (Å²) in [4.78, 5) is 108. The minimum absolute atomic E-state index is 0.0337. The summed E-state index contributed by atoms with van der Waals surface area (Å²) in [6, 6.07) is 4.69. The van der Waals surface area contributed by atoms with Gasteiger partial charge in [-0.2, -0.15) is 0 Å². The number of anilines is 3. The molecule has 470 valence electrons. The van der Waals surface area contributed by atoms with Gasteiger partial charge in [0.05, 0.1) is 41.9 Å². The van der Waals surface area contributed by atoms with Crippen LogP contribution in [0.2, 0.25) is 10.0 Å². The number of esters is 1. The summed E-state index contributed by atoms with van der Waals surface area (Å²) in [6.45, 7) is 12.5. The number of alkyl halides is 2. The summed E-state index contributed by atoms with van der Waals surface area (Å²) in [5.74, 6) is -3.62. The van der Waals surface area contributed by atoms with E-state index in [2.05, 4.69) is 63.8 Å². The topological polar surface area (TPSA) is 317 Å². The van der Waals surface area contributed by atoms with Crippen molar-refractivity contribution in [2.75, 3.05) is 54.0 Å². The molecule has 85 heavy (non-hydrogen) atoms. The maximum Gasteiger partial charge on any atom is 0.412 e. The molecule has 0 aliphatic carbocycles. The van der Waals surface area contributed by atoms with Crippen molar-refractivity contribution in [3.05, 3.63) is 69.7 Å². The summed E-state index contributed by atoms with van der Waals surface area (Å²) in [5.41, 5.74) is 3.37. The molecule has 0 radical (unpaired) electrons. The zero-order valence-corrected chi connectivity index (χ0v) is 54.2. The monoisotopic (exact) mass is 1360 g/mol. The van der Waals surface area contributed by atoms with Crippen molar-refractivity contribution >= 4 is 120 Å². The van der Waals surface area contributed by atoms with Crippen molar-refractivity contribution < 1.29 is 71.9 Å². The van der Waals surface area contributed by atoms with Crippen molar-refractivity contribution in [2.45, 2.75) is 160 Å². The molecule has 5 rings (SSSR count). The highest BCUT2D eigenvalue weighted by Gasteiger charge is 2.64. The number of primary amides is 1. The molecule has 0 saturated carbocycles. The number of rotatable bonds is 23. The van der Waals surface area contributed by atoms with Crippen LogP contribution in [-0.4, -0.2) is 145 Å². The Bertz CT molecular complexity index is 2820. The predicted octanol–water partition coefficient (Wildman–Crippen LogP) is 8.33. The van der Waals surface area contributed by atoms with E-state index in [4.69, 9.17) is 57.4 Å². The fraction of sp³-hybridized carbons (Fsp3) is 0.586. The molecule has 4 bridgehead atoms. The number of unbranched alkanes of at least 4 members (excludes halogenated alkanes) is 1. The van der Waals surface area contributed by atoms with E-state index in [1.54, 1.807) is 52.0 Å². The number of carbonyl (C=O) groups excluding carboxylic acids is 8. The number of urea groups is 1. The highest BCUT2D eigenvalue weighted by Crippen LogP contribution is 2.49. The average Bonchev–Trinajstić information content (AvgIpc) is 1.65. The molecule has 2 aromatic carbocycles. The number of methoxy groups -OCH3 is 2.